The maximum atomic E-state index is 12.5. The molecule has 0 heterocycles. The minimum absolute atomic E-state index is 0.0904. The molecule has 0 N–H and O–H groups in total. The van der Waals surface area contributed by atoms with Crippen molar-refractivity contribution in [2.24, 2.45) is 0 Å². The molecule has 0 fully saturated rings. The van der Waals surface area contributed by atoms with E-state index in [-0.39, 0.29) is 29.5 Å². The predicted octanol–water partition coefficient (Wildman–Crippen LogP) is 3.23. The van der Waals surface area contributed by atoms with Crippen molar-refractivity contribution in [2.75, 3.05) is 13.1 Å². The number of hydrogen-bond donors (Lipinski definition) is 0. The Bertz CT molecular complexity index is 905. The molecule has 8 nitrogen and oxygen atoms in total. The lowest BCUT2D eigenvalue weighted by Gasteiger charge is -2.18. The Morgan fingerprint density at radius 1 is 1.12 bits per heavy atom. The molecule has 9 heteroatoms. The molecule has 0 spiro atoms. The van der Waals surface area contributed by atoms with Crippen LogP contribution in [0.4, 0.5) is 5.69 Å². The molecule has 2 rings (SSSR count). The second kappa shape index (κ2) is 8.07. The summed E-state index contributed by atoms with van der Waals surface area (Å²) in [5.41, 5.74) is -0.0230. The Labute approximate surface area is 151 Å². The van der Waals surface area contributed by atoms with Gasteiger partial charge in [-0.25, -0.2) is 8.42 Å². The van der Waals surface area contributed by atoms with E-state index in [9.17, 15) is 23.3 Å². The summed E-state index contributed by atoms with van der Waals surface area (Å²) in [5.74, 6) is 0.199. The number of aldehydes is 1. The van der Waals surface area contributed by atoms with Crippen LogP contribution in [0.5, 0.6) is 11.5 Å². The Kier molecular flexibility index (Phi) is 6.06. The van der Waals surface area contributed by atoms with Gasteiger partial charge in [-0.2, -0.15) is 4.31 Å². The SMILES string of the molecule is CCN(CC)S(=O)(=O)c1ccc(Oc2ccc(C=O)cc2)c([N+](=O)[O-])c1. The fourth-order valence-corrected chi connectivity index (χ4v) is 3.82. The molecule has 0 unspecified atom stereocenters. The minimum Gasteiger partial charge on any atom is -0.450 e. The standard InChI is InChI=1S/C17H18N2O6S/c1-3-18(4-2)26(23,24)15-9-10-17(16(11-15)19(21)22)25-14-7-5-13(12-20)6-8-14/h5-12H,3-4H2,1-2H3. The highest BCUT2D eigenvalue weighted by Crippen LogP contribution is 2.34. The molecule has 138 valence electrons. The molecular formula is C17H18N2O6S. The largest absolute Gasteiger partial charge is 0.450 e. The van der Waals surface area contributed by atoms with E-state index in [2.05, 4.69) is 0 Å². The molecule has 0 atom stereocenters. The van der Waals surface area contributed by atoms with Gasteiger partial charge in [-0.15, -0.1) is 0 Å². The van der Waals surface area contributed by atoms with E-state index in [0.29, 0.717) is 11.8 Å². The highest BCUT2D eigenvalue weighted by Gasteiger charge is 2.26. The third-order valence-corrected chi connectivity index (χ3v) is 5.76. The van der Waals surface area contributed by atoms with Crippen LogP contribution in [0.25, 0.3) is 0 Å². The number of nitro groups is 1. The van der Waals surface area contributed by atoms with E-state index in [0.717, 1.165) is 6.07 Å². The lowest BCUT2D eigenvalue weighted by Crippen LogP contribution is -2.30. The van der Waals surface area contributed by atoms with Crippen molar-refractivity contribution in [1.82, 2.24) is 4.31 Å². The molecular weight excluding hydrogens is 360 g/mol. The van der Waals surface area contributed by atoms with Crippen LogP contribution in [-0.4, -0.2) is 37.0 Å². The highest BCUT2D eigenvalue weighted by molar-refractivity contribution is 7.89. The summed E-state index contributed by atoms with van der Waals surface area (Å²) in [4.78, 5) is 21.2. The number of hydrogen-bond acceptors (Lipinski definition) is 6. The van der Waals surface area contributed by atoms with Gasteiger partial charge in [-0.3, -0.25) is 14.9 Å². The van der Waals surface area contributed by atoms with Crippen molar-refractivity contribution in [1.29, 1.82) is 0 Å². The molecule has 0 radical (unpaired) electrons. The van der Waals surface area contributed by atoms with Crippen LogP contribution < -0.4 is 4.74 Å². The van der Waals surface area contributed by atoms with Gasteiger partial charge in [0.2, 0.25) is 15.8 Å². The molecule has 0 aliphatic rings. The maximum Gasteiger partial charge on any atom is 0.312 e. The molecule has 0 amide bonds. The van der Waals surface area contributed by atoms with Crippen LogP contribution in [0.3, 0.4) is 0 Å². The fraction of sp³-hybridized carbons (Fsp3) is 0.235. The van der Waals surface area contributed by atoms with Crippen LogP contribution >= 0.6 is 0 Å². The number of sulfonamides is 1. The summed E-state index contributed by atoms with van der Waals surface area (Å²) in [6.07, 6.45) is 0.666. The van der Waals surface area contributed by atoms with Crippen molar-refractivity contribution in [3.8, 4) is 11.5 Å². The number of rotatable bonds is 8. The topological polar surface area (TPSA) is 107 Å². The van der Waals surface area contributed by atoms with Gasteiger partial charge in [0.1, 0.15) is 12.0 Å². The predicted molar refractivity (Wildman–Crippen MR) is 95.1 cm³/mol. The Hall–Kier alpha value is -2.78. The summed E-state index contributed by atoms with van der Waals surface area (Å²) < 4.78 is 31.8. The molecule has 2 aromatic carbocycles. The van der Waals surface area contributed by atoms with E-state index in [1.54, 1.807) is 13.8 Å². The van der Waals surface area contributed by atoms with E-state index < -0.39 is 20.6 Å². The average Bonchev–Trinajstić information content (AvgIpc) is 2.63. The highest BCUT2D eigenvalue weighted by atomic mass is 32.2. The van der Waals surface area contributed by atoms with E-state index in [1.165, 1.54) is 40.7 Å². The number of carbonyl (C=O) groups is 1. The molecule has 0 aromatic heterocycles. The van der Waals surface area contributed by atoms with Crippen LogP contribution in [0.15, 0.2) is 47.4 Å². The lowest BCUT2D eigenvalue weighted by atomic mass is 10.2. The van der Waals surface area contributed by atoms with Crippen LogP contribution in [-0.2, 0) is 10.0 Å². The van der Waals surface area contributed by atoms with Gasteiger partial charge in [-0.1, -0.05) is 13.8 Å². The van der Waals surface area contributed by atoms with E-state index in [4.69, 9.17) is 4.74 Å². The first-order valence-corrected chi connectivity index (χ1v) is 9.29. The summed E-state index contributed by atoms with van der Waals surface area (Å²) >= 11 is 0. The molecule has 0 saturated carbocycles. The molecule has 2 aromatic rings. The minimum atomic E-state index is -3.82. The zero-order chi connectivity index (χ0) is 19.3. The number of nitro benzene ring substituents is 1. The Morgan fingerprint density at radius 3 is 2.23 bits per heavy atom. The smallest absolute Gasteiger partial charge is 0.312 e. The summed E-state index contributed by atoms with van der Waals surface area (Å²) in [5, 5.41) is 11.4. The normalized spacial score (nSPS) is 11.3. The molecule has 0 aliphatic carbocycles. The second-order valence-corrected chi connectivity index (χ2v) is 7.20. The Balaban J connectivity index is 2.43. The van der Waals surface area contributed by atoms with E-state index >= 15 is 0 Å². The van der Waals surface area contributed by atoms with Crippen molar-refractivity contribution in [3.63, 3.8) is 0 Å². The first-order chi connectivity index (χ1) is 12.3. The third-order valence-electron chi connectivity index (χ3n) is 3.71. The summed E-state index contributed by atoms with van der Waals surface area (Å²) in [7, 11) is -3.82. The van der Waals surface area contributed by atoms with Gasteiger partial charge in [0.15, 0.2) is 0 Å². The number of benzene rings is 2. The van der Waals surface area contributed by atoms with Crippen LogP contribution in [0, 0.1) is 10.1 Å². The zero-order valence-electron chi connectivity index (χ0n) is 14.3. The first kappa shape index (κ1) is 19.5. The van der Waals surface area contributed by atoms with Crippen molar-refractivity contribution >= 4 is 22.0 Å². The second-order valence-electron chi connectivity index (χ2n) is 5.26. The van der Waals surface area contributed by atoms with Gasteiger partial charge >= 0.3 is 5.69 Å². The molecule has 26 heavy (non-hydrogen) atoms. The number of ether oxygens (including phenoxy) is 1. The number of nitrogens with zero attached hydrogens (tertiary/aromatic N) is 2. The summed E-state index contributed by atoms with van der Waals surface area (Å²) in [6, 6.07) is 9.52. The van der Waals surface area contributed by atoms with Crippen LogP contribution in [0.1, 0.15) is 24.2 Å². The van der Waals surface area contributed by atoms with Gasteiger partial charge in [0.05, 0.1) is 9.82 Å². The summed E-state index contributed by atoms with van der Waals surface area (Å²) in [6.45, 7) is 3.90. The lowest BCUT2D eigenvalue weighted by molar-refractivity contribution is -0.385. The molecule has 0 aliphatic heterocycles. The maximum absolute atomic E-state index is 12.5. The van der Waals surface area contributed by atoms with E-state index in [1.807, 2.05) is 0 Å². The zero-order valence-corrected chi connectivity index (χ0v) is 15.1. The third kappa shape index (κ3) is 4.06. The van der Waals surface area contributed by atoms with Crippen molar-refractivity contribution in [3.05, 3.63) is 58.1 Å². The van der Waals surface area contributed by atoms with Gasteiger partial charge in [0, 0.05) is 24.7 Å². The Morgan fingerprint density at radius 2 is 1.73 bits per heavy atom. The number of carbonyl (C=O) groups excluding carboxylic acids is 1. The van der Waals surface area contributed by atoms with Gasteiger partial charge < -0.3 is 4.74 Å². The van der Waals surface area contributed by atoms with Gasteiger partial charge in [-0.05, 0) is 36.4 Å². The first-order valence-electron chi connectivity index (χ1n) is 7.85. The van der Waals surface area contributed by atoms with Crippen molar-refractivity contribution in [2.45, 2.75) is 18.7 Å². The van der Waals surface area contributed by atoms with Crippen LogP contribution in [0.2, 0.25) is 0 Å². The molecule has 0 saturated heterocycles. The van der Waals surface area contributed by atoms with Gasteiger partial charge in [0.25, 0.3) is 0 Å². The molecule has 0 bridgehead atoms. The quantitative estimate of drug-likeness (QED) is 0.396. The monoisotopic (exact) mass is 378 g/mol. The average molecular weight is 378 g/mol. The van der Waals surface area contributed by atoms with Crippen molar-refractivity contribution < 1.29 is 22.9 Å². The fourth-order valence-electron chi connectivity index (χ4n) is 2.34.